The molecule has 7 nitrogen and oxygen atoms in total. The third-order valence-corrected chi connectivity index (χ3v) is 4.37. The number of methoxy groups -OCH3 is 1. The Morgan fingerprint density at radius 1 is 1.36 bits per heavy atom. The number of hydrogen-bond acceptors (Lipinski definition) is 5. The lowest BCUT2D eigenvalue weighted by Gasteiger charge is -2.25. The van der Waals surface area contributed by atoms with E-state index in [4.69, 9.17) is 9.15 Å². The molecule has 3 aromatic heterocycles. The van der Waals surface area contributed by atoms with Crippen LogP contribution in [0.25, 0.3) is 11.5 Å². The standard InChI is InChI=1S/C18H18N4O3/c1-24-9-4-8-22-17(12-5-2-7-19-11-12)14-15(13-6-3-10-25-13)20-21-16(14)18(22)23/h2-3,5-7,10-11,17H,4,8-9H2,1H3,(H,20,21). The van der Waals surface area contributed by atoms with Crippen molar-refractivity contribution in [1.82, 2.24) is 20.1 Å². The minimum Gasteiger partial charge on any atom is -0.463 e. The summed E-state index contributed by atoms with van der Waals surface area (Å²) in [6, 6.07) is 7.27. The van der Waals surface area contributed by atoms with Crippen molar-refractivity contribution in [2.45, 2.75) is 12.5 Å². The van der Waals surface area contributed by atoms with Crippen LogP contribution in [0.5, 0.6) is 0 Å². The lowest BCUT2D eigenvalue weighted by Crippen LogP contribution is -2.31. The average Bonchev–Trinajstić information content (AvgIpc) is 3.35. The fraction of sp³-hybridized carbons (Fsp3) is 0.278. The Hall–Kier alpha value is -2.93. The van der Waals surface area contributed by atoms with Gasteiger partial charge in [-0.2, -0.15) is 5.10 Å². The van der Waals surface area contributed by atoms with Gasteiger partial charge in [-0.25, -0.2) is 0 Å². The first-order valence-electron chi connectivity index (χ1n) is 8.13. The number of ether oxygens (including phenoxy) is 1. The molecule has 0 radical (unpaired) electrons. The number of pyridine rings is 1. The highest BCUT2D eigenvalue weighted by Crippen LogP contribution is 2.42. The van der Waals surface area contributed by atoms with Crippen LogP contribution in [0.15, 0.2) is 47.3 Å². The van der Waals surface area contributed by atoms with Gasteiger partial charge in [0.05, 0.1) is 12.3 Å². The summed E-state index contributed by atoms with van der Waals surface area (Å²) in [7, 11) is 1.66. The Morgan fingerprint density at radius 2 is 2.28 bits per heavy atom. The highest BCUT2D eigenvalue weighted by molar-refractivity contribution is 5.99. The zero-order chi connectivity index (χ0) is 17.2. The van der Waals surface area contributed by atoms with E-state index in [0.717, 1.165) is 23.2 Å². The maximum atomic E-state index is 12.9. The van der Waals surface area contributed by atoms with Crippen molar-refractivity contribution in [3.8, 4) is 11.5 Å². The summed E-state index contributed by atoms with van der Waals surface area (Å²) in [4.78, 5) is 19.0. The van der Waals surface area contributed by atoms with Crippen LogP contribution in [0.2, 0.25) is 0 Å². The molecule has 1 atom stereocenters. The van der Waals surface area contributed by atoms with Gasteiger partial charge < -0.3 is 14.1 Å². The molecule has 0 aromatic carbocycles. The zero-order valence-electron chi connectivity index (χ0n) is 13.8. The molecular formula is C18H18N4O3. The lowest BCUT2D eigenvalue weighted by molar-refractivity contribution is 0.0723. The third kappa shape index (κ3) is 2.62. The van der Waals surface area contributed by atoms with Crippen LogP contribution in [0, 0.1) is 0 Å². The van der Waals surface area contributed by atoms with Gasteiger partial charge in [-0.05, 0) is 30.2 Å². The number of amides is 1. The van der Waals surface area contributed by atoms with Gasteiger partial charge in [0.1, 0.15) is 5.69 Å². The second-order valence-electron chi connectivity index (χ2n) is 5.87. The number of fused-ring (bicyclic) bond motifs is 1. The largest absolute Gasteiger partial charge is 0.463 e. The van der Waals surface area contributed by atoms with E-state index < -0.39 is 0 Å². The summed E-state index contributed by atoms with van der Waals surface area (Å²) in [6.07, 6.45) is 5.87. The number of carbonyl (C=O) groups excluding carboxylic acids is 1. The predicted molar refractivity (Wildman–Crippen MR) is 89.9 cm³/mol. The van der Waals surface area contributed by atoms with Crippen molar-refractivity contribution in [3.63, 3.8) is 0 Å². The third-order valence-electron chi connectivity index (χ3n) is 4.37. The van der Waals surface area contributed by atoms with Gasteiger partial charge in [0.25, 0.3) is 5.91 Å². The number of rotatable bonds is 6. The lowest BCUT2D eigenvalue weighted by atomic mass is 9.99. The predicted octanol–water partition coefficient (Wildman–Crippen LogP) is 2.65. The number of aromatic amines is 1. The van der Waals surface area contributed by atoms with Gasteiger partial charge in [-0.1, -0.05) is 6.07 Å². The second kappa shape index (κ2) is 6.52. The number of aromatic nitrogens is 3. The molecule has 1 N–H and O–H groups in total. The van der Waals surface area contributed by atoms with Crippen LogP contribution in [-0.2, 0) is 4.74 Å². The molecule has 25 heavy (non-hydrogen) atoms. The highest BCUT2D eigenvalue weighted by atomic mass is 16.5. The second-order valence-corrected chi connectivity index (χ2v) is 5.87. The molecule has 4 rings (SSSR count). The Labute approximate surface area is 144 Å². The summed E-state index contributed by atoms with van der Waals surface area (Å²) in [5, 5.41) is 7.22. The molecular weight excluding hydrogens is 320 g/mol. The van der Waals surface area contributed by atoms with E-state index in [1.807, 2.05) is 29.2 Å². The molecule has 1 amide bonds. The fourth-order valence-corrected chi connectivity index (χ4v) is 3.29. The molecule has 128 valence electrons. The van der Waals surface area contributed by atoms with Gasteiger partial charge in [0.15, 0.2) is 11.5 Å². The highest BCUT2D eigenvalue weighted by Gasteiger charge is 2.42. The molecule has 3 aromatic rings. The zero-order valence-corrected chi connectivity index (χ0v) is 13.8. The van der Waals surface area contributed by atoms with E-state index in [1.54, 1.807) is 25.8 Å². The van der Waals surface area contributed by atoms with Crippen molar-refractivity contribution in [3.05, 3.63) is 59.7 Å². The molecule has 0 saturated heterocycles. The Morgan fingerprint density at radius 3 is 3.00 bits per heavy atom. The molecule has 1 aliphatic heterocycles. The first kappa shape index (κ1) is 15.6. The summed E-state index contributed by atoms with van der Waals surface area (Å²) in [6.45, 7) is 1.18. The van der Waals surface area contributed by atoms with Crippen molar-refractivity contribution >= 4 is 5.91 Å². The quantitative estimate of drug-likeness (QED) is 0.699. The Kier molecular flexibility index (Phi) is 4.07. The van der Waals surface area contributed by atoms with E-state index in [-0.39, 0.29) is 11.9 Å². The fourth-order valence-electron chi connectivity index (χ4n) is 3.29. The smallest absolute Gasteiger partial charge is 0.275 e. The maximum Gasteiger partial charge on any atom is 0.275 e. The average molecular weight is 338 g/mol. The maximum absolute atomic E-state index is 12.9. The summed E-state index contributed by atoms with van der Waals surface area (Å²) < 4.78 is 10.7. The van der Waals surface area contributed by atoms with E-state index in [9.17, 15) is 4.79 Å². The van der Waals surface area contributed by atoms with E-state index >= 15 is 0 Å². The molecule has 0 bridgehead atoms. The van der Waals surface area contributed by atoms with Gasteiger partial charge in [-0.3, -0.25) is 14.9 Å². The van der Waals surface area contributed by atoms with Gasteiger partial charge in [0.2, 0.25) is 0 Å². The van der Waals surface area contributed by atoms with Crippen molar-refractivity contribution < 1.29 is 13.9 Å². The van der Waals surface area contributed by atoms with Crippen LogP contribution < -0.4 is 0 Å². The van der Waals surface area contributed by atoms with E-state index in [2.05, 4.69) is 15.2 Å². The summed E-state index contributed by atoms with van der Waals surface area (Å²) in [5.41, 5.74) is 2.96. The number of hydrogen-bond donors (Lipinski definition) is 1. The molecule has 0 saturated carbocycles. The van der Waals surface area contributed by atoms with Crippen molar-refractivity contribution in [2.75, 3.05) is 20.3 Å². The van der Waals surface area contributed by atoms with Gasteiger partial charge in [-0.15, -0.1) is 0 Å². The normalized spacial score (nSPS) is 16.4. The number of furan rings is 1. The Bertz CT molecular complexity index is 858. The topological polar surface area (TPSA) is 84.2 Å². The van der Waals surface area contributed by atoms with Crippen LogP contribution in [0.4, 0.5) is 0 Å². The van der Waals surface area contributed by atoms with Crippen molar-refractivity contribution in [2.24, 2.45) is 0 Å². The van der Waals surface area contributed by atoms with Crippen molar-refractivity contribution in [1.29, 1.82) is 0 Å². The summed E-state index contributed by atoms with van der Waals surface area (Å²) in [5.74, 6) is 0.572. The number of H-pyrrole nitrogens is 1. The van der Waals surface area contributed by atoms with Crippen LogP contribution in [0.1, 0.15) is 34.1 Å². The van der Waals surface area contributed by atoms with Crippen LogP contribution >= 0.6 is 0 Å². The van der Waals surface area contributed by atoms with Crippen LogP contribution in [0.3, 0.4) is 0 Å². The van der Waals surface area contributed by atoms with Gasteiger partial charge >= 0.3 is 0 Å². The van der Waals surface area contributed by atoms with E-state index in [0.29, 0.717) is 24.6 Å². The molecule has 4 heterocycles. The molecule has 1 aliphatic rings. The molecule has 0 fully saturated rings. The number of nitrogens with zero attached hydrogens (tertiary/aromatic N) is 3. The minimum atomic E-state index is -0.244. The number of nitrogens with one attached hydrogen (secondary N) is 1. The number of carbonyl (C=O) groups is 1. The monoisotopic (exact) mass is 338 g/mol. The minimum absolute atomic E-state index is 0.0889. The summed E-state index contributed by atoms with van der Waals surface area (Å²) >= 11 is 0. The first-order valence-corrected chi connectivity index (χ1v) is 8.13. The molecule has 0 aliphatic carbocycles. The molecule has 1 unspecified atom stereocenters. The van der Waals surface area contributed by atoms with E-state index in [1.165, 1.54) is 0 Å². The SMILES string of the molecule is COCCCN1C(=O)c2n[nH]c(-c3ccco3)c2C1c1cccnc1. The van der Waals surface area contributed by atoms with Gasteiger partial charge in [0, 0.05) is 38.2 Å². The Balaban J connectivity index is 1.79. The molecule has 7 heteroatoms. The van der Waals surface area contributed by atoms with Crippen LogP contribution in [-0.4, -0.2) is 46.2 Å². The first-order chi connectivity index (χ1) is 12.3. The molecule has 0 spiro atoms.